The van der Waals surface area contributed by atoms with Crippen LogP contribution in [0.4, 0.5) is 0 Å². The lowest BCUT2D eigenvalue weighted by molar-refractivity contribution is -0.0158. The van der Waals surface area contributed by atoms with Crippen molar-refractivity contribution in [2.24, 2.45) is 0 Å². The molecule has 2 aliphatic carbocycles. The normalized spacial score (nSPS) is 22.1. The number of fused-ring (bicyclic) bond motifs is 7. The molecule has 0 spiro atoms. The van der Waals surface area contributed by atoms with Crippen LogP contribution in [0.5, 0.6) is 5.75 Å². The number of rotatable bonds is 2. The van der Waals surface area contributed by atoms with E-state index in [0.717, 1.165) is 51.9 Å². The lowest BCUT2D eigenvalue weighted by atomic mass is 9.86. The molecule has 4 aromatic carbocycles. The van der Waals surface area contributed by atoms with Gasteiger partial charge in [0.15, 0.2) is 0 Å². The lowest BCUT2D eigenvalue weighted by Crippen LogP contribution is -2.28. The zero-order valence-corrected chi connectivity index (χ0v) is 15.9. The predicted molar refractivity (Wildman–Crippen MR) is 113 cm³/mol. The highest BCUT2D eigenvalue weighted by Crippen LogP contribution is 2.61. The van der Waals surface area contributed by atoms with Crippen LogP contribution in [0.2, 0.25) is 0 Å². The fourth-order valence-electron chi connectivity index (χ4n) is 5.34. The summed E-state index contributed by atoms with van der Waals surface area (Å²) in [6.45, 7) is 0. The Balaban J connectivity index is 1.42. The molecule has 0 heterocycles. The van der Waals surface area contributed by atoms with Gasteiger partial charge in [0.1, 0.15) is 11.4 Å². The molecule has 0 radical (unpaired) electrons. The number of hydrogen-bond acceptors (Lipinski definition) is 3. The summed E-state index contributed by atoms with van der Waals surface area (Å²) in [7, 11) is 0. The molecule has 29 heavy (non-hydrogen) atoms. The fraction of sp³-hybridized carbons (Fsp3) is 0.192. The van der Waals surface area contributed by atoms with Gasteiger partial charge in [-0.25, -0.2) is 4.79 Å². The Labute approximate surface area is 168 Å². The minimum Gasteiger partial charge on any atom is -0.507 e. The number of esters is 1. The summed E-state index contributed by atoms with van der Waals surface area (Å²) in [5, 5.41) is 14.9. The second-order valence-corrected chi connectivity index (χ2v) is 8.29. The third-order valence-corrected chi connectivity index (χ3v) is 6.71. The third-order valence-electron chi connectivity index (χ3n) is 6.71. The van der Waals surface area contributed by atoms with Crippen molar-refractivity contribution in [1.82, 2.24) is 0 Å². The molecule has 0 saturated heterocycles. The van der Waals surface area contributed by atoms with Crippen molar-refractivity contribution in [3.05, 3.63) is 89.5 Å². The number of carbonyl (C=O) groups excluding carboxylic acids is 1. The number of phenolic OH excluding ortho intramolecular Hbond substituents is 1. The molecule has 2 aliphatic rings. The SMILES string of the molecule is O=C(OC12CCC(C1)c1c2cc2ccccc2c1O)c1ccc2ccccc2c1. The van der Waals surface area contributed by atoms with E-state index >= 15 is 0 Å². The second kappa shape index (κ2) is 5.84. The van der Waals surface area contributed by atoms with Gasteiger partial charge >= 0.3 is 5.97 Å². The quantitative estimate of drug-likeness (QED) is 0.432. The number of carbonyl (C=O) groups is 1. The molecule has 3 nitrogen and oxygen atoms in total. The first-order valence-electron chi connectivity index (χ1n) is 10.1. The van der Waals surface area contributed by atoms with E-state index in [1.165, 1.54) is 0 Å². The second-order valence-electron chi connectivity index (χ2n) is 8.29. The van der Waals surface area contributed by atoms with Gasteiger partial charge in [0.25, 0.3) is 0 Å². The highest BCUT2D eigenvalue weighted by molar-refractivity contribution is 5.96. The van der Waals surface area contributed by atoms with Crippen LogP contribution in [-0.4, -0.2) is 11.1 Å². The molecular weight excluding hydrogens is 360 g/mol. The lowest BCUT2D eigenvalue weighted by Gasteiger charge is -2.30. The Morgan fingerprint density at radius 3 is 2.55 bits per heavy atom. The van der Waals surface area contributed by atoms with Crippen LogP contribution in [0.15, 0.2) is 72.8 Å². The van der Waals surface area contributed by atoms with E-state index in [9.17, 15) is 9.90 Å². The van der Waals surface area contributed by atoms with E-state index in [0.29, 0.717) is 11.3 Å². The molecule has 6 rings (SSSR count). The Morgan fingerprint density at radius 1 is 0.931 bits per heavy atom. The Morgan fingerprint density at radius 2 is 1.69 bits per heavy atom. The minimum atomic E-state index is -0.635. The molecule has 2 unspecified atom stereocenters. The van der Waals surface area contributed by atoms with Crippen molar-refractivity contribution in [3.63, 3.8) is 0 Å². The summed E-state index contributed by atoms with van der Waals surface area (Å²) in [4.78, 5) is 13.1. The standard InChI is InChI=1S/C26H20O3/c27-24-21-8-4-3-7-18(21)14-22-23(24)20-11-12-26(22,15-20)29-25(28)19-10-9-16-5-1-2-6-17(16)13-19/h1-10,13-14,20,27H,11-12,15H2. The zero-order valence-electron chi connectivity index (χ0n) is 15.9. The van der Waals surface area contributed by atoms with Gasteiger partial charge < -0.3 is 9.84 Å². The molecule has 1 N–H and O–H groups in total. The molecule has 2 bridgehead atoms. The monoisotopic (exact) mass is 380 g/mol. The van der Waals surface area contributed by atoms with Crippen LogP contribution in [0.3, 0.4) is 0 Å². The third kappa shape index (κ3) is 2.34. The molecule has 142 valence electrons. The van der Waals surface area contributed by atoms with E-state index in [1.807, 2.05) is 66.7 Å². The number of ether oxygens (including phenoxy) is 1. The molecule has 0 amide bonds. The Bertz CT molecular complexity index is 1310. The number of benzene rings is 4. The van der Waals surface area contributed by atoms with Crippen LogP contribution in [0, 0.1) is 0 Å². The highest BCUT2D eigenvalue weighted by atomic mass is 16.6. The van der Waals surface area contributed by atoms with Gasteiger partial charge in [-0.3, -0.25) is 0 Å². The number of hydrogen-bond donors (Lipinski definition) is 1. The number of phenols is 1. The topological polar surface area (TPSA) is 46.5 Å². The van der Waals surface area contributed by atoms with Crippen LogP contribution in [0.1, 0.15) is 46.7 Å². The van der Waals surface area contributed by atoms with Crippen molar-refractivity contribution in [3.8, 4) is 5.75 Å². The first-order chi connectivity index (χ1) is 14.1. The summed E-state index contributed by atoms with van der Waals surface area (Å²) < 4.78 is 6.21. The van der Waals surface area contributed by atoms with E-state index in [-0.39, 0.29) is 11.9 Å². The van der Waals surface area contributed by atoms with Gasteiger partial charge in [-0.1, -0.05) is 54.6 Å². The van der Waals surface area contributed by atoms with Gasteiger partial charge in [-0.05, 0) is 59.5 Å². The molecule has 3 heteroatoms. The van der Waals surface area contributed by atoms with E-state index in [4.69, 9.17) is 4.74 Å². The fourth-order valence-corrected chi connectivity index (χ4v) is 5.34. The van der Waals surface area contributed by atoms with E-state index in [2.05, 4.69) is 6.07 Å². The van der Waals surface area contributed by atoms with Crippen molar-refractivity contribution in [2.75, 3.05) is 0 Å². The van der Waals surface area contributed by atoms with Crippen molar-refractivity contribution in [2.45, 2.75) is 30.8 Å². The molecule has 1 saturated carbocycles. The summed E-state index contributed by atoms with van der Waals surface area (Å²) in [6, 6.07) is 23.7. The highest BCUT2D eigenvalue weighted by Gasteiger charge is 2.53. The smallest absolute Gasteiger partial charge is 0.339 e. The first kappa shape index (κ1) is 16.6. The van der Waals surface area contributed by atoms with Crippen LogP contribution in [0.25, 0.3) is 21.5 Å². The molecular formula is C26H20O3. The average molecular weight is 380 g/mol. The molecule has 0 aliphatic heterocycles. The van der Waals surface area contributed by atoms with Crippen molar-refractivity contribution < 1.29 is 14.6 Å². The molecule has 2 atom stereocenters. The zero-order chi connectivity index (χ0) is 19.6. The summed E-state index contributed by atoms with van der Waals surface area (Å²) in [6.07, 6.45) is 2.50. The van der Waals surface area contributed by atoms with Crippen LogP contribution < -0.4 is 0 Å². The van der Waals surface area contributed by atoms with Crippen LogP contribution >= 0.6 is 0 Å². The van der Waals surface area contributed by atoms with Gasteiger partial charge in [0.05, 0.1) is 5.56 Å². The Hall–Kier alpha value is -3.33. The summed E-state index contributed by atoms with van der Waals surface area (Å²) in [5.41, 5.74) is 1.89. The van der Waals surface area contributed by atoms with Gasteiger partial charge in [0.2, 0.25) is 0 Å². The maximum atomic E-state index is 13.1. The van der Waals surface area contributed by atoms with E-state index < -0.39 is 5.60 Å². The average Bonchev–Trinajstić information content (AvgIpc) is 3.30. The predicted octanol–water partition coefficient (Wildman–Crippen LogP) is 6.03. The van der Waals surface area contributed by atoms with Gasteiger partial charge in [0, 0.05) is 16.5 Å². The first-order valence-corrected chi connectivity index (χ1v) is 10.1. The largest absolute Gasteiger partial charge is 0.507 e. The van der Waals surface area contributed by atoms with Crippen molar-refractivity contribution in [1.29, 1.82) is 0 Å². The Kier molecular flexibility index (Phi) is 3.34. The molecule has 1 fully saturated rings. The summed E-state index contributed by atoms with van der Waals surface area (Å²) in [5.74, 6) is 0.308. The summed E-state index contributed by atoms with van der Waals surface area (Å²) >= 11 is 0. The maximum Gasteiger partial charge on any atom is 0.339 e. The van der Waals surface area contributed by atoms with E-state index in [1.54, 1.807) is 0 Å². The number of aromatic hydroxyl groups is 1. The van der Waals surface area contributed by atoms with Gasteiger partial charge in [-0.15, -0.1) is 0 Å². The minimum absolute atomic E-state index is 0.249. The van der Waals surface area contributed by atoms with Crippen LogP contribution in [-0.2, 0) is 10.3 Å². The van der Waals surface area contributed by atoms with Crippen molar-refractivity contribution >= 4 is 27.5 Å². The maximum absolute atomic E-state index is 13.1. The van der Waals surface area contributed by atoms with Gasteiger partial charge in [-0.2, -0.15) is 0 Å². The molecule has 0 aromatic heterocycles. The molecule has 4 aromatic rings.